The first kappa shape index (κ1) is 18.1. The second-order valence-corrected chi connectivity index (χ2v) is 7.18. The number of benzene rings is 1. The van der Waals surface area contributed by atoms with Crippen LogP contribution in [0.4, 0.5) is 0 Å². The van der Waals surface area contributed by atoms with Gasteiger partial charge in [0.25, 0.3) is 0 Å². The Balaban J connectivity index is 1.70. The molecule has 1 amide bonds. The number of nitrogens with one attached hydrogen (secondary N) is 2. The topological polar surface area (TPSA) is 88.2 Å². The lowest BCUT2D eigenvalue weighted by atomic mass is 10.1. The van der Waals surface area contributed by atoms with Crippen LogP contribution in [0.5, 0.6) is 0 Å². The second kappa shape index (κ2) is 8.56. The van der Waals surface area contributed by atoms with Crippen LogP contribution in [0.2, 0.25) is 0 Å². The van der Waals surface area contributed by atoms with E-state index in [0.717, 1.165) is 11.1 Å². The highest BCUT2D eigenvalue weighted by atomic mass is 32.2. The maximum atomic E-state index is 12.1. The predicted molar refractivity (Wildman–Crippen MR) is 91.9 cm³/mol. The fourth-order valence-electron chi connectivity index (χ4n) is 2.08. The molecule has 2 aromatic rings. The molecule has 0 fully saturated rings. The summed E-state index contributed by atoms with van der Waals surface area (Å²) < 4.78 is 26.6. The third-order valence-electron chi connectivity index (χ3n) is 3.46. The zero-order valence-corrected chi connectivity index (χ0v) is 14.3. The zero-order chi connectivity index (χ0) is 17.4. The van der Waals surface area contributed by atoms with Crippen LogP contribution in [0.3, 0.4) is 0 Å². The monoisotopic (exact) mass is 347 g/mol. The van der Waals surface area contributed by atoms with E-state index < -0.39 is 10.0 Å². The Morgan fingerprint density at radius 1 is 1.04 bits per heavy atom. The van der Waals surface area contributed by atoms with Crippen molar-refractivity contribution < 1.29 is 13.2 Å². The van der Waals surface area contributed by atoms with Gasteiger partial charge < -0.3 is 5.32 Å². The molecule has 2 rings (SSSR count). The van der Waals surface area contributed by atoms with Gasteiger partial charge in [0, 0.05) is 31.9 Å². The highest BCUT2D eigenvalue weighted by Crippen LogP contribution is 2.09. The molecule has 1 aromatic carbocycles. The summed E-state index contributed by atoms with van der Waals surface area (Å²) in [5, 5.41) is 2.70. The molecule has 0 aliphatic rings. The fourth-order valence-corrected chi connectivity index (χ4v) is 3.12. The van der Waals surface area contributed by atoms with Gasteiger partial charge in [0.1, 0.15) is 0 Å². The lowest BCUT2D eigenvalue weighted by Crippen LogP contribution is -2.34. The number of aromatic nitrogens is 1. The Hall–Kier alpha value is -2.25. The summed E-state index contributed by atoms with van der Waals surface area (Å²) in [6, 6.07) is 10.3. The first-order valence-electron chi connectivity index (χ1n) is 7.69. The van der Waals surface area contributed by atoms with Gasteiger partial charge >= 0.3 is 0 Å². The molecule has 0 aliphatic carbocycles. The number of amides is 1. The Morgan fingerprint density at radius 2 is 1.71 bits per heavy atom. The molecule has 0 atom stereocenters. The second-order valence-electron chi connectivity index (χ2n) is 5.42. The lowest BCUT2D eigenvalue weighted by molar-refractivity contribution is -0.121. The van der Waals surface area contributed by atoms with E-state index in [-0.39, 0.29) is 23.9 Å². The van der Waals surface area contributed by atoms with E-state index in [9.17, 15) is 13.2 Å². The van der Waals surface area contributed by atoms with Crippen LogP contribution in [0.15, 0.2) is 53.7 Å². The number of carbonyl (C=O) groups excluding carboxylic acids is 1. The molecule has 0 saturated heterocycles. The minimum atomic E-state index is -3.54. The summed E-state index contributed by atoms with van der Waals surface area (Å²) in [6.45, 7) is 2.29. The lowest BCUT2D eigenvalue weighted by Gasteiger charge is -2.08. The third-order valence-corrected chi connectivity index (χ3v) is 4.94. The summed E-state index contributed by atoms with van der Waals surface area (Å²) in [4.78, 5) is 15.9. The molecule has 1 aromatic heterocycles. The van der Waals surface area contributed by atoms with E-state index in [1.54, 1.807) is 36.7 Å². The first-order chi connectivity index (χ1) is 11.5. The number of carbonyl (C=O) groups is 1. The number of sulfonamides is 1. The number of aryl methyl sites for hydroxylation is 2. The average molecular weight is 347 g/mol. The normalized spacial score (nSPS) is 11.2. The van der Waals surface area contributed by atoms with Crippen LogP contribution in [0, 0.1) is 6.92 Å². The summed E-state index contributed by atoms with van der Waals surface area (Å²) in [5.41, 5.74) is 2.04. The summed E-state index contributed by atoms with van der Waals surface area (Å²) >= 11 is 0. The van der Waals surface area contributed by atoms with Gasteiger partial charge in [0.2, 0.25) is 15.9 Å². The molecule has 2 N–H and O–H groups in total. The van der Waals surface area contributed by atoms with Crippen LogP contribution in [-0.4, -0.2) is 32.4 Å². The van der Waals surface area contributed by atoms with Crippen molar-refractivity contribution in [3.8, 4) is 0 Å². The number of nitrogens with zero attached hydrogens (tertiary/aromatic N) is 1. The molecule has 6 nitrogen and oxygen atoms in total. The standard InChI is InChI=1S/C17H21N3O3S/c1-14-2-5-16(6-3-14)24(22,23)20-13-12-19-17(21)7-4-15-8-10-18-11-9-15/h2-3,5-6,8-11,20H,4,7,12-13H2,1H3,(H,19,21). The molecule has 128 valence electrons. The van der Waals surface area contributed by atoms with Crippen molar-refractivity contribution in [3.05, 3.63) is 59.9 Å². The van der Waals surface area contributed by atoms with Gasteiger partial charge in [-0.05, 0) is 43.2 Å². The molecule has 0 radical (unpaired) electrons. The maximum Gasteiger partial charge on any atom is 0.240 e. The van der Waals surface area contributed by atoms with Gasteiger partial charge in [-0.1, -0.05) is 17.7 Å². The van der Waals surface area contributed by atoms with Crippen molar-refractivity contribution in [3.63, 3.8) is 0 Å². The average Bonchev–Trinajstić information content (AvgIpc) is 2.58. The van der Waals surface area contributed by atoms with Gasteiger partial charge in [-0.3, -0.25) is 9.78 Å². The van der Waals surface area contributed by atoms with Crippen LogP contribution in [0.1, 0.15) is 17.5 Å². The Labute approximate surface area is 142 Å². The third kappa shape index (κ3) is 5.75. The Bertz CT molecular complexity index is 759. The van der Waals surface area contributed by atoms with Crippen LogP contribution in [-0.2, 0) is 21.2 Å². The molecule has 1 heterocycles. The largest absolute Gasteiger partial charge is 0.355 e. The molecule has 7 heteroatoms. The summed E-state index contributed by atoms with van der Waals surface area (Å²) in [5.74, 6) is -0.110. The van der Waals surface area contributed by atoms with Gasteiger partial charge in [-0.2, -0.15) is 0 Å². The maximum absolute atomic E-state index is 12.1. The van der Waals surface area contributed by atoms with Crippen LogP contribution in [0.25, 0.3) is 0 Å². The molecular formula is C17H21N3O3S. The van der Waals surface area contributed by atoms with Gasteiger partial charge in [0.05, 0.1) is 4.90 Å². The van der Waals surface area contributed by atoms with Crippen LogP contribution < -0.4 is 10.0 Å². The van der Waals surface area contributed by atoms with Crippen molar-refractivity contribution in [2.45, 2.75) is 24.7 Å². The molecule has 0 bridgehead atoms. The van der Waals surface area contributed by atoms with Crippen molar-refractivity contribution in [1.29, 1.82) is 0 Å². The zero-order valence-electron chi connectivity index (χ0n) is 13.5. The van der Waals surface area contributed by atoms with E-state index >= 15 is 0 Å². The SMILES string of the molecule is Cc1ccc(S(=O)(=O)NCCNC(=O)CCc2ccncc2)cc1. The predicted octanol–water partition coefficient (Wildman–Crippen LogP) is 1.42. The minimum absolute atomic E-state index is 0.110. The van der Waals surface area contributed by atoms with Gasteiger partial charge in [0.15, 0.2) is 0 Å². The van der Waals surface area contributed by atoms with E-state index in [4.69, 9.17) is 0 Å². The van der Waals surface area contributed by atoms with E-state index in [1.807, 2.05) is 19.1 Å². The number of hydrogen-bond donors (Lipinski definition) is 2. The number of rotatable bonds is 8. The van der Waals surface area contributed by atoms with Crippen molar-refractivity contribution in [1.82, 2.24) is 15.0 Å². The van der Waals surface area contributed by atoms with Crippen LogP contribution >= 0.6 is 0 Å². The summed E-state index contributed by atoms with van der Waals surface area (Å²) in [7, 11) is -3.54. The molecule has 0 unspecified atom stereocenters. The van der Waals surface area contributed by atoms with Gasteiger partial charge in [-0.15, -0.1) is 0 Å². The molecule has 24 heavy (non-hydrogen) atoms. The summed E-state index contributed by atoms with van der Waals surface area (Å²) in [6.07, 6.45) is 4.36. The van der Waals surface area contributed by atoms with Crippen molar-refractivity contribution in [2.75, 3.05) is 13.1 Å². The minimum Gasteiger partial charge on any atom is -0.355 e. The molecule has 0 spiro atoms. The quantitative estimate of drug-likeness (QED) is 0.707. The number of pyridine rings is 1. The first-order valence-corrected chi connectivity index (χ1v) is 9.17. The molecule has 0 saturated carbocycles. The smallest absolute Gasteiger partial charge is 0.240 e. The highest BCUT2D eigenvalue weighted by molar-refractivity contribution is 7.89. The van der Waals surface area contributed by atoms with Crippen molar-refractivity contribution >= 4 is 15.9 Å². The van der Waals surface area contributed by atoms with E-state index in [0.29, 0.717) is 12.8 Å². The van der Waals surface area contributed by atoms with E-state index in [1.165, 1.54) is 0 Å². The highest BCUT2D eigenvalue weighted by Gasteiger charge is 2.12. The number of hydrogen-bond acceptors (Lipinski definition) is 4. The van der Waals surface area contributed by atoms with Crippen molar-refractivity contribution in [2.24, 2.45) is 0 Å². The Kier molecular flexibility index (Phi) is 6.45. The van der Waals surface area contributed by atoms with Gasteiger partial charge in [-0.25, -0.2) is 13.1 Å². The molecule has 0 aliphatic heterocycles. The Morgan fingerprint density at radius 3 is 2.38 bits per heavy atom. The van der Waals surface area contributed by atoms with E-state index in [2.05, 4.69) is 15.0 Å². The fraction of sp³-hybridized carbons (Fsp3) is 0.294. The molecular weight excluding hydrogens is 326 g/mol.